The van der Waals surface area contributed by atoms with Crippen LogP contribution in [0.5, 0.6) is 0 Å². The summed E-state index contributed by atoms with van der Waals surface area (Å²) in [6.07, 6.45) is 2.72. The van der Waals surface area contributed by atoms with Crippen molar-refractivity contribution < 1.29 is 19.5 Å². The molecular weight excluding hydrogens is 362 g/mol. The average molecular weight is 383 g/mol. The summed E-state index contributed by atoms with van der Waals surface area (Å²) < 4.78 is 1.55. The van der Waals surface area contributed by atoms with Crippen molar-refractivity contribution in [1.82, 2.24) is 25.2 Å². The topological polar surface area (TPSA) is 117 Å². The second-order valence-corrected chi connectivity index (χ2v) is 7.42. The third-order valence-electron chi connectivity index (χ3n) is 5.51. The van der Waals surface area contributed by atoms with E-state index in [-0.39, 0.29) is 18.2 Å². The van der Waals surface area contributed by atoms with Gasteiger partial charge in [-0.25, -0.2) is 4.68 Å². The van der Waals surface area contributed by atoms with E-state index >= 15 is 0 Å². The monoisotopic (exact) mass is 383 g/mol. The molecule has 0 spiro atoms. The minimum absolute atomic E-state index is 0.218. The number of benzene rings is 1. The molecule has 0 saturated carbocycles. The van der Waals surface area contributed by atoms with Crippen LogP contribution in [0.15, 0.2) is 24.4 Å². The lowest BCUT2D eigenvalue weighted by atomic mass is 10.0. The molecule has 2 atom stereocenters. The summed E-state index contributed by atoms with van der Waals surface area (Å²) in [6.45, 7) is 3.84. The van der Waals surface area contributed by atoms with Crippen molar-refractivity contribution in [1.29, 1.82) is 0 Å². The highest BCUT2D eigenvalue weighted by Crippen LogP contribution is 2.29. The van der Waals surface area contributed by atoms with Gasteiger partial charge in [0, 0.05) is 18.5 Å². The van der Waals surface area contributed by atoms with Crippen LogP contribution in [0, 0.1) is 0 Å². The second kappa shape index (κ2) is 6.52. The molecule has 0 radical (unpaired) electrons. The summed E-state index contributed by atoms with van der Waals surface area (Å²) in [4.78, 5) is 37.7. The summed E-state index contributed by atoms with van der Waals surface area (Å²) in [5.74, 6) is -0.956. The molecule has 1 aromatic heterocycles. The molecule has 3 heterocycles. The molecule has 1 fully saturated rings. The number of rotatable bonds is 4. The van der Waals surface area contributed by atoms with E-state index in [9.17, 15) is 19.5 Å². The summed E-state index contributed by atoms with van der Waals surface area (Å²) in [7, 11) is 0. The zero-order valence-electron chi connectivity index (χ0n) is 15.7. The van der Waals surface area contributed by atoms with Gasteiger partial charge in [-0.2, -0.15) is 0 Å². The first-order valence-corrected chi connectivity index (χ1v) is 9.23. The van der Waals surface area contributed by atoms with Crippen LogP contribution in [0.2, 0.25) is 0 Å². The van der Waals surface area contributed by atoms with E-state index in [4.69, 9.17) is 0 Å². The molecule has 1 saturated heterocycles. The third kappa shape index (κ3) is 2.97. The average Bonchev–Trinajstić information content (AvgIpc) is 3.28. The van der Waals surface area contributed by atoms with E-state index in [1.165, 1.54) is 4.90 Å². The molecule has 0 aliphatic carbocycles. The number of carbonyl (C=O) groups excluding carboxylic acids is 3. The van der Waals surface area contributed by atoms with Gasteiger partial charge in [-0.1, -0.05) is 12.1 Å². The Balaban J connectivity index is 1.59. The van der Waals surface area contributed by atoms with Crippen molar-refractivity contribution in [2.75, 3.05) is 0 Å². The van der Waals surface area contributed by atoms with E-state index in [1.807, 2.05) is 13.0 Å². The van der Waals surface area contributed by atoms with Crippen LogP contribution in [0.25, 0.3) is 5.69 Å². The number of carbonyl (C=O) groups is 3. The highest BCUT2D eigenvalue weighted by molar-refractivity contribution is 6.05. The molecule has 2 N–H and O–H groups in total. The van der Waals surface area contributed by atoms with Gasteiger partial charge in [0.1, 0.15) is 17.3 Å². The fourth-order valence-electron chi connectivity index (χ4n) is 3.52. The maximum atomic E-state index is 12.7. The van der Waals surface area contributed by atoms with Crippen molar-refractivity contribution in [3.63, 3.8) is 0 Å². The first-order chi connectivity index (χ1) is 13.3. The van der Waals surface area contributed by atoms with E-state index in [2.05, 4.69) is 15.6 Å². The number of nitrogens with one attached hydrogen (secondary N) is 1. The molecular formula is C19H21N5O4. The van der Waals surface area contributed by atoms with E-state index < -0.39 is 17.6 Å². The molecule has 2 aliphatic rings. The predicted octanol–water partition coefficient (Wildman–Crippen LogP) is 0.646. The molecule has 9 heteroatoms. The smallest absolute Gasteiger partial charge is 0.255 e. The summed E-state index contributed by atoms with van der Waals surface area (Å²) in [6, 6.07) is 4.65. The minimum Gasteiger partial charge on any atom is -0.384 e. The Kier molecular flexibility index (Phi) is 4.26. The maximum Gasteiger partial charge on any atom is 0.255 e. The molecule has 2 unspecified atom stereocenters. The molecule has 4 rings (SSSR count). The summed E-state index contributed by atoms with van der Waals surface area (Å²) in [5.41, 5.74) is 1.44. The van der Waals surface area contributed by atoms with Crippen molar-refractivity contribution in [3.05, 3.63) is 41.2 Å². The Labute approximate surface area is 161 Å². The van der Waals surface area contributed by atoms with Crippen LogP contribution in [0.1, 0.15) is 54.7 Å². The highest BCUT2D eigenvalue weighted by Gasteiger charge is 2.39. The zero-order valence-corrected chi connectivity index (χ0v) is 15.7. The van der Waals surface area contributed by atoms with Crippen LogP contribution in [0.4, 0.5) is 0 Å². The lowest BCUT2D eigenvalue weighted by Crippen LogP contribution is -2.52. The summed E-state index contributed by atoms with van der Waals surface area (Å²) in [5, 5.41) is 20.8. The standard InChI is InChI=1S/C19H21N5O4/c1-3-19(2,28)15-10-24(22-21-15)12-4-5-13-11(8-12)9-23(18(13)27)14-6-7-16(25)20-17(14)26/h4-5,8,10,14,28H,3,6-7,9H2,1-2H3,(H,20,25,26). The minimum atomic E-state index is -1.06. The lowest BCUT2D eigenvalue weighted by Gasteiger charge is -2.29. The Morgan fingerprint density at radius 2 is 2.11 bits per heavy atom. The van der Waals surface area contributed by atoms with E-state index in [0.29, 0.717) is 36.3 Å². The van der Waals surface area contributed by atoms with Gasteiger partial charge in [0.2, 0.25) is 11.8 Å². The maximum absolute atomic E-state index is 12.7. The van der Waals surface area contributed by atoms with Crippen molar-refractivity contribution >= 4 is 17.7 Å². The molecule has 146 valence electrons. The lowest BCUT2D eigenvalue weighted by molar-refractivity contribution is -0.136. The predicted molar refractivity (Wildman–Crippen MR) is 97.3 cm³/mol. The van der Waals surface area contributed by atoms with Crippen LogP contribution in [-0.4, -0.2) is 48.8 Å². The number of hydrogen-bond acceptors (Lipinski definition) is 6. The number of amides is 3. The van der Waals surface area contributed by atoms with Crippen LogP contribution < -0.4 is 5.32 Å². The Bertz CT molecular complexity index is 980. The van der Waals surface area contributed by atoms with Gasteiger partial charge < -0.3 is 10.0 Å². The van der Waals surface area contributed by atoms with E-state index in [1.54, 1.807) is 29.9 Å². The molecule has 3 amide bonds. The first-order valence-electron chi connectivity index (χ1n) is 9.23. The van der Waals surface area contributed by atoms with Crippen molar-refractivity contribution in [3.8, 4) is 5.69 Å². The first kappa shape index (κ1) is 18.3. The molecule has 28 heavy (non-hydrogen) atoms. The number of hydrogen-bond donors (Lipinski definition) is 2. The Morgan fingerprint density at radius 1 is 1.32 bits per heavy atom. The van der Waals surface area contributed by atoms with Crippen LogP contribution in [-0.2, 0) is 21.7 Å². The molecule has 2 aromatic rings. The van der Waals surface area contributed by atoms with Gasteiger partial charge >= 0.3 is 0 Å². The number of piperidine rings is 1. The fraction of sp³-hybridized carbons (Fsp3) is 0.421. The second-order valence-electron chi connectivity index (χ2n) is 7.42. The number of fused-ring (bicyclic) bond motifs is 1. The van der Waals surface area contributed by atoms with Gasteiger partial charge in [-0.15, -0.1) is 5.10 Å². The Hall–Kier alpha value is -3.07. The summed E-state index contributed by atoms with van der Waals surface area (Å²) >= 11 is 0. The number of aromatic nitrogens is 3. The molecule has 0 bridgehead atoms. The van der Waals surface area contributed by atoms with Gasteiger partial charge in [0.05, 0.1) is 11.9 Å². The normalized spacial score (nSPS) is 21.5. The Morgan fingerprint density at radius 3 is 2.82 bits per heavy atom. The van der Waals surface area contributed by atoms with Gasteiger partial charge in [-0.3, -0.25) is 19.7 Å². The van der Waals surface area contributed by atoms with Crippen molar-refractivity contribution in [2.45, 2.75) is 51.3 Å². The van der Waals surface area contributed by atoms with Crippen LogP contribution >= 0.6 is 0 Å². The molecule has 1 aromatic carbocycles. The number of imide groups is 1. The number of nitrogens with zero attached hydrogens (tertiary/aromatic N) is 4. The van der Waals surface area contributed by atoms with Crippen molar-refractivity contribution in [2.24, 2.45) is 0 Å². The molecule has 2 aliphatic heterocycles. The number of aliphatic hydroxyl groups is 1. The SMILES string of the molecule is CCC(C)(O)c1cn(-c2ccc3c(c2)CN(C2CCC(=O)NC2=O)C3=O)nn1. The third-order valence-corrected chi connectivity index (χ3v) is 5.51. The highest BCUT2D eigenvalue weighted by atomic mass is 16.3. The zero-order chi connectivity index (χ0) is 20.1. The largest absolute Gasteiger partial charge is 0.384 e. The quantitative estimate of drug-likeness (QED) is 0.749. The van der Waals surface area contributed by atoms with Gasteiger partial charge in [0.15, 0.2) is 0 Å². The van der Waals surface area contributed by atoms with Gasteiger partial charge in [0.25, 0.3) is 5.91 Å². The molecule has 9 nitrogen and oxygen atoms in total. The van der Waals surface area contributed by atoms with Gasteiger partial charge in [-0.05, 0) is 43.5 Å². The fourth-order valence-corrected chi connectivity index (χ4v) is 3.52. The van der Waals surface area contributed by atoms with Crippen LogP contribution in [0.3, 0.4) is 0 Å². The van der Waals surface area contributed by atoms with E-state index in [0.717, 1.165) is 5.56 Å².